The molecule has 0 bridgehead atoms. The lowest BCUT2D eigenvalue weighted by Crippen LogP contribution is -2.14. The molecule has 0 heterocycles. The third-order valence-corrected chi connectivity index (χ3v) is 5.23. The predicted molar refractivity (Wildman–Crippen MR) is 128 cm³/mol. The molecular formula is C23H42O10S. The van der Waals surface area contributed by atoms with Gasteiger partial charge in [0.1, 0.15) is 0 Å². The highest BCUT2D eigenvalue weighted by Gasteiger charge is 2.14. The molecule has 1 aromatic carbocycles. The van der Waals surface area contributed by atoms with Crippen molar-refractivity contribution in [3.8, 4) is 0 Å². The average molecular weight is 511 g/mol. The number of ether oxygens (including phenoxy) is 6. The normalized spacial score (nSPS) is 11.3. The summed E-state index contributed by atoms with van der Waals surface area (Å²) >= 11 is 0. The van der Waals surface area contributed by atoms with Gasteiger partial charge in [0.15, 0.2) is 0 Å². The van der Waals surface area contributed by atoms with Gasteiger partial charge in [-0.3, -0.25) is 4.18 Å². The maximum absolute atomic E-state index is 11.9. The fraction of sp³-hybridized carbons (Fsp3) is 0.739. The number of hydrogen-bond acceptors (Lipinski definition) is 10. The fourth-order valence-corrected chi connectivity index (χ4v) is 3.10. The summed E-state index contributed by atoms with van der Waals surface area (Å²) in [7, 11) is -3.71. The van der Waals surface area contributed by atoms with E-state index in [0.717, 1.165) is 12.2 Å². The maximum atomic E-state index is 11.9. The van der Waals surface area contributed by atoms with Gasteiger partial charge in [-0.05, 0) is 32.9 Å². The monoisotopic (exact) mass is 510 g/mol. The Labute approximate surface area is 204 Å². The van der Waals surface area contributed by atoms with Gasteiger partial charge in [0.25, 0.3) is 10.1 Å². The highest BCUT2D eigenvalue weighted by molar-refractivity contribution is 7.86. The fourth-order valence-electron chi connectivity index (χ4n) is 2.21. The van der Waals surface area contributed by atoms with Crippen LogP contribution in [0.25, 0.3) is 0 Å². The second kappa shape index (κ2) is 23.6. The summed E-state index contributed by atoms with van der Waals surface area (Å²) in [4.78, 5) is 0.150. The summed E-state index contributed by atoms with van der Waals surface area (Å²) in [5.41, 5.74) is 0.992. The quantitative estimate of drug-likeness (QED) is 0.194. The Bertz CT molecular complexity index is 642. The molecule has 200 valence electrons. The van der Waals surface area contributed by atoms with Crippen molar-refractivity contribution in [2.45, 2.75) is 25.7 Å². The minimum atomic E-state index is -3.71. The maximum Gasteiger partial charge on any atom is 0.297 e. The van der Waals surface area contributed by atoms with Gasteiger partial charge < -0.3 is 33.5 Å². The first-order valence-electron chi connectivity index (χ1n) is 11.5. The van der Waals surface area contributed by atoms with Crippen LogP contribution in [0, 0.1) is 6.92 Å². The van der Waals surface area contributed by atoms with E-state index in [0.29, 0.717) is 66.1 Å². The third-order valence-electron chi connectivity index (χ3n) is 3.91. The zero-order chi connectivity index (χ0) is 25.3. The molecule has 1 rings (SSSR count). The highest BCUT2D eigenvalue weighted by atomic mass is 32.2. The molecule has 0 saturated heterocycles. The Morgan fingerprint density at radius 3 is 1.41 bits per heavy atom. The lowest BCUT2D eigenvalue weighted by molar-refractivity contribution is 0.00965. The summed E-state index contributed by atoms with van der Waals surface area (Å²) in [6.45, 7) is 12.0. The van der Waals surface area contributed by atoms with E-state index in [2.05, 4.69) is 0 Å². The molecule has 1 aromatic rings. The molecule has 10 nitrogen and oxygen atoms in total. The Morgan fingerprint density at radius 1 is 0.618 bits per heavy atom. The molecule has 0 radical (unpaired) electrons. The van der Waals surface area contributed by atoms with Crippen LogP contribution in [0.3, 0.4) is 0 Å². The third kappa shape index (κ3) is 20.2. The van der Waals surface area contributed by atoms with E-state index in [1.54, 1.807) is 12.1 Å². The van der Waals surface area contributed by atoms with Gasteiger partial charge in [-0.15, -0.1) is 0 Å². The number of aryl methyl sites for hydroxylation is 1. The Hall–Kier alpha value is -1.15. The minimum Gasteiger partial charge on any atom is -0.394 e. The Morgan fingerprint density at radius 2 is 1.00 bits per heavy atom. The second-order valence-corrected chi connectivity index (χ2v) is 8.27. The molecule has 0 aromatic heterocycles. The van der Waals surface area contributed by atoms with Crippen molar-refractivity contribution >= 4 is 10.1 Å². The molecule has 0 atom stereocenters. The van der Waals surface area contributed by atoms with Crippen LogP contribution in [0.15, 0.2) is 29.2 Å². The Balaban J connectivity index is 0.000000770. The van der Waals surface area contributed by atoms with Crippen LogP contribution >= 0.6 is 0 Å². The first-order chi connectivity index (χ1) is 16.5. The van der Waals surface area contributed by atoms with E-state index in [-0.39, 0.29) is 24.7 Å². The second-order valence-electron chi connectivity index (χ2n) is 6.66. The van der Waals surface area contributed by atoms with E-state index < -0.39 is 10.1 Å². The van der Waals surface area contributed by atoms with Crippen molar-refractivity contribution in [2.75, 3.05) is 92.5 Å². The summed E-state index contributed by atoms with van der Waals surface area (Å²) in [6, 6.07) is 6.51. The van der Waals surface area contributed by atoms with Crippen molar-refractivity contribution < 1.29 is 46.1 Å². The van der Waals surface area contributed by atoms with Crippen molar-refractivity contribution in [2.24, 2.45) is 0 Å². The van der Waals surface area contributed by atoms with Gasteiger partial charge in [0.2, 0.25) is 0 Å². The number of aliphatic hydroxyl groups is 1. The van der Waals surface area contributed by atoms with Gasteiger partial charge in [0.05, 0.1) is 84.2 Å². The van der Waals surface area contributed by atoms with Crippen molar-refractivity contribution in [1.82, 2.24) is 0 Å². The molecule has 0 saturated carbocycles. The molecule has 0 aliphatic carbocycles. The summed E-state index contributed by atoms with van der Waals surface area (Å²) in [5, 5.41) is 8.35. The van der Waals surface area contributed by atoms with Crippen molar-refractivity contribution in [3.05, 3.63) is 29.8 Å². The molecule has 0 aliphatic rings. The number of aliphatic hydroxyl groups excluding tert-OH is 1. The molecule has 0 spiro atoms. The lowest BCUT2D eigenvalue weighted by atomic mass is 10.2. The molecular weight excluding hydrogens is 468 g/mol. The van der Waals surface area contributed by atoms with Crippen molar-refractivity contribution in [3.63, 3.8) is 0 Å². The van der Waals surface area contributed by atoms with E-state index in [4.69, 9.17) is 37.7 Å². The highest BCUT2D eigenvalue weighted by Crippen LogP contribution is 2.12. The zero-order valence-corrected chi connectivity index (χ0v) is 21.6. The minimum absolute atomic E-state index is 0.0187. The first kappa shape index (κ1) is 32.8. The topological polar surface area (TPSA) is 119 Å². The average Bonchev–Trinajstić information content (AvgIpc) is 2.83. The van der Waals surface area contributed by atoms with Crippen LogP contribution in [-0.2, 0) is 42.7 Å². The summed E-state index contributed by atoms with van der Waals surface area (Å²) in [5.74, 6) is 0. The van der Waals surface area contributed by atoms with E-state index in [9.17, 15) is 8.42 Å². The smallest absolute Gasteiger partial charge is 0.297 e. The van der Waals surface area contributed by atoms with Gasteiger partial charge >= 0.3 is 0 Å². The first-order valence-corrected chi connectivity index (χ1v) is 12.9. The molecule has 0 fully saturated rings. The number of benzene rings is 1. The van der Waals surface area contributed by atoms with Crippen LogP contribution < -0.4 is 0 Å². The van der Waals surface area contributed by atoms with Crippen LogP contribution in [0.5, 0.6) is 0 Å². The SMILES string of the molecule is CCOCCOCCOCCO.CCOCCOCCOCCOS(=O)(=O)c1ccc(C)cc1. The zero-order valence-electron chi connectivity index (χ0n) is 20.7. The molecule has 1 N–H and O–H groups in total. The lowest BCUT2D eigenvalue weighted by Gasteiger charge is -2.07. The van der Waals surface area contributed by atoms with Crippen LogP contribution in [0.4, 0.5) is 0 Å². The predicted octanol–water partition coefficient (Wildman–Crippen LogP) is 1.82. The number of hydrogen-bond donors (Lipinski definition) is 1. The van der Waals surface area contributed by atoms with Gasteiger partial charge in [-0.1, -0.05) is 17.7 Å². The molecule has 0 aliphatic heterocycles. The van der Waals surface area contributed by atoms with E-state index >= 15 is 0 Å². The molecule has 34 heavy (non-hydrogen) atoms. The molecule has 0 amide bonds. The van der Waals surface area contributed by atoms with E-state index in [1.165, 1.54) is 12.1 Å². The van der Waals surface area contributed by atoms with Gasteiger partial charge in [-0.25, -0.2) is 0 Å². The number of rotatable bonds is 21. The van der Waals surface area contributed by atoms with Crippen LogP contribution in [0.1, 0.15) is 19.4 Å². The van der Waals surface area contributed by atoms with Crippen molar-refractivity contribution in [1.29, 1.82) is 0 Å². The van der Waals surface area contributed by atoms with Crippen LogP contribution in [0.2, 0.25) is 0 Å². The largest absolute Gasteiger partial charge is 0.394 e. The Kier molecular flexibility index (Phi) is 22.8. The molecule has 11 heteroatoms. The standard InChI is InChI=1S/C15H24O6S.C8H18O4/c1-3-18-8-9-19-10-11-20-12-13-21-22(16,17)15-6-4-14(2)5-7-15;1-2-10-5-6-12-8-7-11-4-3-9/h4-7H,3,8-13H2,1-2H3;9H,2-8H2,1H3. The van der Waals surface area contributed by atoms with Gasteiger partial charge in [0, 0.05) is 13.2 Å². The van der Waals surface area contributed by atoms with Gasteiger partial charge in [-0.2, -0.15) is 8.42 Å². The molecule has 0 unspecified atom stereocenters. The summed E-state index contributed by atoms with van der Waals surface area (Å²) in [6.07, 6.45) is 0. The van der Waals surface area contributed by atoms with E-state index in [1.807, 2.05) is 20.8 Å². The van der Waals surface area contributed by atoms with Crippen LogP contribution in [-0.4, -0.2) is 106 Å². The summed E-state index contributed by atoms with van der Waals surface area (Å²) < 4.78 is 59.4.